The van der Waals surface area contributed by atoms with Crippen LogP contribution >= 0.6 is 0 Å². The van der Waals surface area contributed by atoms with Crippen LogP contribution in [0.2, 0.25) is 0 Å². The third-order valence-electron chi connectivity index (χ3n) is 3.44. The number of hydrogen-bond acceptors (Lipinski definition) is 2. The molecule has 20 heavy (non-hydrogen) atoms. The lowest BCUT2D eigenvalue weighted by atomic mass is 10.1. The molecule has 2 aromatic carbocycles. The van der Waals surface area contributed by atoms with E-state index in [4.69, 9.17) is 0 Å². The molecule has 1 N–H and O–H groups in total. The molecule has 2 nitrogen and oxygen atoms in total. The average Bonchev–Trinajstić information content (AvgIpc) is 2.45. The van der Waals surface area contributed by atoms with Gasteiger partial charge in [0.05, 0.1) is 6.10 Å². The summed E-state index contributed by atoms with van der Waals surface area (Å²) in [5, 5.41) is 10.1. The third-order valence-corrected chi connectivity index (χ3v) is 3.44. The van der Waals surface area contributed by atoms with Gasteiger partial charge >= 0.3 is 0 Å². The Hall–Kier alpha value is -1.87. The number of aliphatic hydroxyl groups is 1. The van der Waals surface area contributed by atoms with E-state index in [-0.39, 0.29) is 5.82 Å². The summed E-state index contributed by atoms with van der Waals surface area (Å²) in [6.07, 6.45) is -0.283. The summed E-state index contributed by atoms with van der Waals surface area (Å²) in [5.41, 5.74) is 2.67. The second-order valence-corrected chi connectivity index (χ2v) is 5.09. The number of aryl methyl sites for hydroxylation is 1. The summed E-state index contributed by atoms with van der Waals surface area (Å²) >= 11 is 0. The van der Waals surface area contributed by atoms with Gasteiger partial charge in [-0.1, -0.05) is 30.3 Å². The van der Waals surface area contributed by atoms with Crippen molar-refractivity contribution < 1.29 is 9.50 Å². The fourth-order valence-electron chi connectivity index (χ4n) is 2.21. The molecular weight excluding hydrogens is 253 g/mol. The summed E-state index contributed by atoms with van der Waals surface area (Å²) in [6.45, 7) is 2.71. The minimum absolute atomic E-state index is 0.349. The molecule has 1 unspecified atom stereocenters. The first-order valence-corrected chi connectivity index (χ1v) is 6.78. The first-order valence-electron chi connectivity index (χ1n) is 6.78. The number of hydrogen-bond donors (Lipinski definition) is 1. The summed E-state index contributed by atoms with van der Waals surface area (Å²) < 4.78 is 13.6. The zero-order valence-corrected chi connectivity index (χ0v) is 11.9. The number of aliphatic hydroxyl groups excluding tert-OH is 1. The molecule has 0 fully saturated rings. The molecule has 0 amide bonds. The molecule has 0 aliphatic heterocycles. The van der Waals surface area contributed by atoms with E-state index in [0.717, 1.165) is 5.69 Å². The Labute approximate surface area is 119 Å². The lowest BCUT2D eigenvalue weighted by Gasteiger charge is -2.21. The minimum Gasteiger partial charge on any atom is -0.388 e. The van der Waals surface area contributed by atoms with E-state index < -0.39 is 6.10 Å². The van der Waals surface area contributed by atoms with Gasteiger partial charge in [-0.25, -0.2) is 4.39 Å². The molecule has 106 valence electrons. The van der Waals surface area contributed by atoms with E-state index in [1.54, 1.807) is 18.2 Å². The smallest absolute Gasteiger partial charge is 0.128 e. The van der Waals surface area contributed by atoms with Gasteiger partial charge in [0, 0.05) is 24.8 Å². The monoisotopic (exact) mass is 273 g/mol. The highest BCUT2D eigenvalue weighted by Crippen LogP contribution is 2.21. The fraction of sp³-hybridized carbons (Fsp3) is 0.294. The van der Waals surface area contributed by atoms with Crippen LogP contribution in [0.25, 0.3) is 0 Å². The third kappa shape index (κ3) is 3.58. The normalized spacial score (nSPS) is 12.2. The van der Waals surface area contributed by atoms with Gasteiger partial charge in [0.1, 0.15) is 5.82 Å². The molecule has 0 aliphatic carbocycles. The molecule has 0 heterocycles. The van der Waals surface area contributed by atoms with E-state index in [1.165, 1.54) is 11.6 Å². The van der Waals surface area contributed by atoms with Crippen molar-refractivity contribution in [3.05, 3.63) is 65.5 Å². The summed E-state index contributed by atoms with van der Waals surface area (Å²) in [4.78, 5) is 2.07. The predicted octanol–water partition coefficient (Wildman–Crippen LogP) is 3.69. The van der Waals surface area contributed by atoms with Gasteiger partial charge in [-0.2, -0.15) is 0 Å². The average molecular weight is 273 g/mol. The van der Waals surface area contributed by atoms with Crippen LogP contribution in [0.5, 0.6) is 0 Å². The van der Waals surface area contributed by atoms with Gasteiger partial charge in [-0.05, 0) is 37.1 Å². The van der Waals surface area contributed by atoms with E-state index in [0.29, 0.717) is 18.5 Å². The van der Waals surface area contributed by atoms with Crippen LogP contribution in [0.3, 0.4) is 0 Å². The van der Waals surface area contributed by atoms with Crippen molar-refractivity contribution in [2.24, 2.45) is 0 Å². The Morgan fingerprint density at radius 1 is 1.15 bits per heavy atom. The van der Waals surface area contributed by atoms with Crippen molar-refractivity contribution >= 4 is 5.69 Å². The van der Waals surface area contributed by atoms with Gasteiger partial charge in [0.15, 0.2) is 0 Å². The molecule has 0 aromatic heterocycles. The molecule has 0 aliphatic rings. The van der Waals surface area contributed by atoms with Gasteiger partial charge in [0.25, 0.3) is 0 Å². The minimum atomic E-state index is -0.775. The summed E-state index contributed by atoms with van der Waals surface area (Å²) in [7, 11) is 1.98. The number of halogens is 1. The molecule has 0 saturated heterocycles. The Balaban J connectivity index is 1.97. The van der Waals surface area contributed by atoms with E-state index in [1.807, 2.05) is 32.2 Å². The Bertz CT molecular complexity index is 570. The maximum atomic E-state index is 13.6. The zero-order valence-electron chi connectivity index (χ0n) is 11.9. The SMILES string of the molecule is Cc1cccc(N(C)CCC(O)c2ccccc2F)c1. The molecule has 3 heteroatoms. The van der Waals surface area contributed by atoms with Crippen LogP contribution in [0, 0.1) is 12.7 Å². The molecule has 2 aromatic rings. The lowest BCUT2D eigenvalue weighted by Crippen LogP contribution is -2.20. The van der Waals surface area contributed by atoms with Crippen molar-refractivity contribution in [1.29, 1.82) is 0 Å². The second kappa shape index (κ2) is 6.53. The van der Waals surface area contributed by atoms with Crippen molar-refractivity contribution in [3.8, 4) is 0 Å². The maximum absolute atomic E-state index is 13.6. The van der Waals surface area contributed by atoms with E-state index in [2.05, 4.69) is 11.0 Å². The van der Waals surface area contributed by atoms with Gasteiger partial charge in [0.2, 0.25) is 0 Å². The quantitative estimate of drug-likeness (QED) is 0.898. The van der Waals surface area contributed by atoms with E-state index in [9.17, 15) is 9.50 Å². The van der Waals surface area contributed by atoms with Crippen molar-refractivity contribution in [2.75, 3.05) is 18.5 Å². The van der Waals surface area contributed by atoms with Crippen LogP contribution < -0.4 is 4.90 Å². The van der Waals surface area contributed by atoms with Gasteiger partial charge in [-0.15, -0.1) is 0 Å². The zero-order chi connectivity index (χ0) is 14.5. The molecule has 0 bridgehead atoms. The molecule has 0 saturated carbocycles. The van der Waals surface area contributed by atoms with Crippen LogP contribution in [-0.2, 0) is 0 Å². The van der Waals surface area contributed by atoms with Crippen molar-refractivity contribution in [2.45, 2.75) is 19.4 Å². The molecule has 1 atom stereocenters. The topological polar surface area (TPSA) is 23.5 Å². The first kappa shape index (κ1) is 14.5. The van der Waals surface area contributed by atoms with Crippen LogP contribution in [0.15, 0.2) is 48.5 Å². The van der Waals surface area contributed by atoms with Gasteiger partial charge < -0.3 is 10.0 Å². The van der Waals surface area contributed by atoms with Crippen molar-refractivity contribution in [1.82, 2.24) is 0 Å². The number of anilines is 1. The highest BCUT2D eigenvalue weighted by atomic mass is 19.1. The van der Waals surface area contributed by atoms with E-state index >= 15 is 0 Å². The summed E-state index contributed by atoms with van der Waals surface area (Å²) in [6, 6.07) is 14.6. The predicted molar refractivity (Wildman–Crippen MR) is 80.4 cm³/mol. The van der Waals surface area contributed by atoms with Crippen molar-refractivity contribution in [3.63, 3.8) is 0 Å². The second-order valence-electron chi connectivity index (χ2n) is 5.09. The van der Waals surface area contributed by atoms with Crippen LogP contribution in [-0.4, -0.2) is 18.7 Å². The molecule has 0 radical (unpaired) electrons. The highest BCUT2D eigenvalue weighted by Gasteiger charge is 2.13. The number of rotatable bonds is 5. The Kier molecular flexibility index (Phi) is 4.74. The Morgan fingerprint density at radius 2 is 1.90 bits per heavy atom. The summed E-state index contributed by atoms with van der Waals surface area (Å²) in [5.74, 6) is -0.349. The largest absolute Gasteiger partial charge is 0.388 e. The lowest BCUT2D eigenvalue weighted by molar-refractivity contribution is 0.165. The molecule has 0 spiro atoms. The van der Waals surface area contributed by atoms with Gasteiger partial charge in [-0.3, -0.25) is 0 Å². The number of nitrogens with zero attached hydrogens (tertiary/aromatic N) is 1. The number of benzene rings is 2. The molecule has 2 rings (SSSR count). The maximum Gasteiger partial charge on any atom is 0.128 e. The fourth-order valence-corrected chi connectivity index (χ4v) is 2.21. The molecular formula is C17H20FNO. The Morgan fingerprint density at radius 3 is 2.60 bits per heavy atom. The first-order chi connectivity index (χ1) is 9.58. The highest BCUT2D eigenvalue weighted by molar-refractivity contribution is 5.47. The standard InChI is InChI=1S/C17H20FNO/c1-13-6-5-7-14(12-13)19(2)11-10-17(20)15-8-3-4-9-16(15)18/h3-9,12,17,20H,10-11H2,1-2H3. The van der Waals surface area contributed by atoms with Crippen LogP contribution in [0.4, 0.5) is 10.1 Å². The van der Waals surface area contributed by atoms with Crippen LogP contribution in [0.1, 0.15) is 23.7 Å².